The van der Waals surface area contributed by atoms with Crippen LogP contribution < -0.4 is 11.1 Å². The van der Waals surface area contributed by atoms with Gasteiger partial charge in [-0.15, -0.1) is 0 Å². The Labute approximate surface area is 118 Å². The van der Waals surface area contributed by atoms with E-state index in [4.69, 9.17) is 5.73 Å². The van der Waals surface area contributed by atoms with Crippen LogP contribution >= 0.6 is 0 Å². The standard InChI is InChI=1S/C14H12F3N3O/c15-14(16,17)10-7-9(8-18)4-5-11(10)20-13(21)12-3-1-2-6-19-12/h1-7H,8,18H2,(H,20,21). The van der Waals surface area contributed by atoms with Gasteiger partial charge in [0, 0.05) is 12.7 Å². The highest BCUT2D eigenvalue weighted by molar-refractivity contribution is 6.03. The van der Waals surface area contributed by atoms with Crippen LogP contribution in [0.25, 0.3) is 0 Å². The number of hydrogen-bond donors (Lipinski definition) is 2. The number of anilines is 1. The zero-order chi connectivity index (χ0) is 15.5. The van der Waals surface area contributed by atoms with Gasteiger partial charge in [-0.3, -0.25) is 9.78 Å². The highest BCUT2D eigenvalue weighted by Crippen LogP contribution is 2.35. The fraction of sp³-hybridized carbons (Fsp3) is 0.143. The maximum Gasteiger partial charge on any atom is 0.418 e. The first-order chi connectivity index (χ1) is 9.91. The molecule has 0 bridgehead atoms. The van der Waals surface area contributed by atoms with E-state index in [9.17, 15) is 18.0 Å². The Balaban J connectivity index is 2.34. The van der Waals surface area contributed by atoms with E-state index in [0.717, 1.165) is 6.07 Å². The predicted octanol–water partition coefficient (Wildman–Crippen LogP) is 2.81. The topological polar surface area (TPSA) is 68.0 Å². The number of nitrogens with two attached hydrogens (primary N) is 1. The summed E-state index contributed by atoms with van der Waals surface area (Å²) >= 11 is 0. The number of carbonyl (C=O) groups is 1. The number of halogens is 3. The Morgan fingerprint density at radius 3 is 2.57 bits per heavy atom. The maximum atomic E-state index is 13.0. The fourth-order valence-electron chi connectivity index (χ4n) is 1.75. The predicted molar refractivity (Wildman–Crippen MR) is 71.5 cm³/mol. The molecule has 0 aliphatic carbocycles. The zero-order valence-corrected chi connectivity index (χ0v) is 10.8. The summed E-state index contributed by atoms with van der Waals surface area (Å²) in [4.78, 5) is 15.7. The van der Waals surface area contributed by atoms with Crippen molar-refractivity contribution < 1.29 is 18.0 Å². The van der Waals surface area contributed by atoms with Gasteiger partial charge in [0.2, 0.25) is 0 Å². The van der Waals surface area contributed by atoms with Gasteiger partial charge in [-0.1, -0.05) is 12.1 Å². The van der Waals surface area contributed by atoms with Crippen molar-refractivity contribution in [2.24, 2.45) is 5.73 Å². The van der Waals surface area contributed by atoms with Crippen molar-refractivity contribution in [2.75, 3.05) is 5.32 Å². The summed E-state index contributed by atoms with van der Waals surface area (Å²) in [7, 11) is 0. The van der Waals surface area contributed by atoms with Gasteiger partial charge >= 0.3 is 6.18 Å². The van der Waals surface area contributed by atoms with E-state index in [1.165, 1.54) is 24.4 Å². The highest BCUT2D eigenvalue weighted by Gasteiger charge is 2.34. The highest BCUT2D eigenvalue weighted by atomic mass is 19.4. The molecule has 110 valence electrons. The molecule has 2 aromatic rings. The van der Waals surface area contributed by atoms with Crippen LogP contribution in [-0.2, 0) is 12.7 Å². The second kappa shape index (κ2) is 5.92. The number of amides is 1. The Morgan fingerprint density at radius 1 is 1.24 bits per heavy atom. The van der Waals surface area contributed by atoms with Crippen LogP contribution in [0.1, 0.15) is 21.6 Å². The molecule has 4 nitrogen and oxygen atoms in total. The molecule has 1 aromatic carbocycles. The van der Waals surface area contributed by atoms with Crippen LogP contribution in [-0.4, -0.2) is 10.9 Å². The third-order valence-corrected chi connectivity index (χ3v) is 2.77. The van der Waals surface area contributed by atoms with E-state index in [2.05, 4.69) is 10.3 Å². The molecule has 0 unspecified atom stereocenters. The molecule has 0 atom stereocenters. The largest absolute Gasteiger partial charge is 0.418 e. The second-order valence-corrected chi connectivity index (χ2v) is 4.25. The molecule has 0 fully saturated rings. The summed E-state index contributed by atoms with van der Waals surface area (Å²) in [5, 5.41) is 2.22. The minimum atomic E-state index is -4.59. The monoisotopic (exact) mass is 295 g/mol. The minimum Gasteiger partial charge on any atom is -0.326 e. The molecular weight excluding hydrogens is 283 g/mol. The number of aromatic nitrogens is 1. The Kier molecular flexibility index (Phi) is 4.23. The van der Waals surface area contributed by atoms with Crippen LogP contribution in [0.15, 0.2) is 42.6 Å². The van der Waals surface area contributed by atoms with Crippen molar-refractivity contribution in [3.05, 3.63) is 59.4 Å². The number of alkyl halides is 3. The normalized spacial score (nSPS) is 11.2. The minimum absolute atomic E-state index is 0.0163. The second-order valence-electron chi connectivity index (χ2n) is 4.25. The molecule has 0 saturated carbocycles. The van der Waals surface area contributed by atoms with Gasteiger partial charge in [0.15, 0.2) is 0 Å². The molecule has 21 heavy (non-hydrogen) atoms. The van der Waals surface area contributed by atoms with Crippen molar-refractivity contribution in [1.82, 2.24) is 4.98 Å². The summed E-state index contributed by atoms with van der Waals surface area (Å²) in [5.41, 5.74) is 4.45. The zero-order valence-electron chi connectivity index (χ0n) is 10.8. The Bertz CT molecular complexity index is 642. The summed E-state index contributed by atoms with van der Waals surface area (Å²) in [6.07, 6.45) is -3.20. The SMILES string of the molecule is NCc1ccc(NC(=O)c2ccccn2)c(C(F)(F)F)c1. The van der Waals surface area contributed by atoms with Crippen LogP contribution in [0.3, 0.4) is 0 Å². The quantitative estimate of drug-likeness (QED) is 0.915. The number of benzene rings is 1. The van der Waals surface area contributed by atoms with E-state index in [1.807, 2.05) is 0 Å². The molecule has 1 amide bonds. The average Bonchev–Trinajstić information content (AvgIpc) is 2.47. The van der Waals surface area contributed by atoms with E-state index >= 15 is 0 Å². The molecule has 0 aliphatic rings. The summed E-state index contributed by atoms with van der Waals surface area (Å²) < 4.78 is 39.0. The fourth-order valence-corrected chi connectivity index (χ4v) is 1.75. The van der Waals surface area contributed by atoms with Crippen LogP contribution in [0.4, 0.5) is 18.9 Å². The van der Waals surface area contributed by atoms with Gasteiger partial charge in [-0.2, -0.15) is 13.2 Å². The summed E-state index contributed by atoms with van der Waals surface area (Å²) in [6, 6.07) is 8.14. The number of hydrogen-bond acceptors (Lipinski definition) is 3. The lowest BCUT2D eigenvalue weighted by Gasteiger charge is -2.14. The Morgan fingerprint density at radius 2 is 2.00 bits per heavy atom. The Hall–Kier alpha value is -2.41. The van der Waals surface area contributed by atoms with Crippen LogP contribution in [0.2, 0.25) is 0 Å². The van der Waals surface area contributed by atoms with Gasteiger partial charge in [-0.05, 0) is 29.8 Å². The molecular formula is C14H12F3N3O. The van der Waals surface area contributed by atoms with Gasteiger partial charge in [0.05, 0.1) is 11.3 Å². The van der Waals surface area contributed by atoms with Gasteiger partial charge in [0.25, 0.3) is 5.91 Å². The van der Waals surface area contributed by atoms with Crippen molar-refractivity contribution in [1.29, 1.82) is 0 Å². The van der Waals surface area contributed by atoms with Crippen LogP contribution in [0.5, 0.6) is 0 Å². The smallest absolute Gasteiger partial charge is 0.326 e. The lowest BCUT2D eigenvalue weighted by molar-refractivity contribution is -0.137. The van der Waals surface area contributed by atoms with Crippen molar-refractivity contribution in [2.45, 2.75) is 12.7 Å². The molecule has 0 saturated heterocycles. The van der Waals surface area contributed by atoms with Gasteiger partial charge < -0.3 is 11.1 Å². The molecule has 2 rings (SSSR count). The van der Waals surface area contributed by atoms with Gasteiger partial charge in [-0.25, -0.2) is 0 Å². The number of nitrogens with zero attached hydrogens (tertiary/aromatic N) is 1. The molecule has 0 aliphatic heterocycles. The first-order valence-corrected chi connectivity index (χ1v) is 6.04. The number of nitrogens with one attached hydrogen (secondary N) is 1. The number of rotatable bonds is 3. The molecule has 0 radical (unpaired) electrons. The summed E-state index contributed by atoms with van der Waals surface area (Å²) in [5.74, 6) is -0.707. The van der Waals surface area contributed by atoms with E-state index in [0.29, 0.717) is 5.56 Å². The first-order valence-electron chi connectivity index (χ1n) is 6.04. The first kappa shape index (κ1) is 15.0. The number of pyridine rings is 1. The third kappa shape index (κ3) is 3.57. The van der Waals surface area contributed by atoms with Crippen LogP contribution in [0, 0.1) is 0 Å². The van der Waals surface area contributed by atoms with E-state index in [-0.39, 0.29) is 17.9 Å². The molecule has 0 spiro atoms. The molecule has 1 heterocycles. The lowest BCUT2D eigenvalue weighted by atomic mass is 10.1. The third-order valence-electron chi connectivity index (χ3n) is 2.77. The van der Waals surface area contributed by atoms with E-state index < -0.39 is 17.6 Å². The molecule has 1 aromatic heterocycles. The van der Waals surface area contributed by atoms with Crippen molar-refractivity contribution >= 4 is 11.6 Å². The van der Waals surface area contributed by atoms with Crippen molar-refractivity contribution in [3.8, 4) is 0 Å². The maximum absolute atomic E-state index is 13.0. The lowest BCUT2D eigenvalue weighted by Crippen LogP contribution is -2.18. The summed E-state index contributed by atoms with van der Waals surface area (Å²) in [6.45, 7) is -0.0163. The van der Waals surface area contributed by atoms with E-state index in [1.54, 1.807) is 12.1 Å². The number of carbonyl (C=O) groups excluding carboxylic acids is 1. The van der Waals surface area contributed by atoms with Gasteiger partial charge in [0.1, 0.15) is 5.69 Å². The molecule has 3 N–H and O–H groups in total. The molecule has 7 heteroatoms. The average molecular weight is 295 g/mol. The van der Waals surface area contributed by atoms with Crippen molar-refractivity contribution in [3.63, 3.8) is 0 Å².